The number of unbranched alkanes of at least 4 members (excludes halogenated alkanes) is 1. The Labute approximate surface area is 263 Å². The first kappa shape index (κ1) is 32.3. The van der Waals surface area contributed by atoms with Crippen LogP contribution < -0.4 is 11.1 Å². The minimum Gasteiger partial charge on any atom is -0.434 e. The Morgan fingerprint density at radius 1 is 1.14 bits per heavy atom. The van der Waals surface area contributed by atoms with Gasteiger partial charge in [-0.05, 0) is 87.5 Å². The predicted octanol–water partition coefficient (Wildman–Crippen LogP) is 5.33. The van der Waals surface area contributed by atoms with E-state index in [1.54, 1.807) is 17.0 Å². The van der Waals surface area contributed by atoms with Crippen molar-refractivity contribution in [2.24, 2.45) is 17.6 Å². The number of carbonyl (C=O) groups is 3. The van der Waals surface area contributed by atoms with Gasteiger partial charge in [-0.1, -0.05) is 42.3 Å². The molecule has 0 saturated carbocycles. The summed E-state index contributed by atoms with van der Waals surface area (Å²) in [6.45, 7) is 3.16. The number of piperidine rings is 1. The number of oxazole rings is 1. The molecule has 2 saturated heterocycles. The number of likely N-dealkylation sites (tertiary alicyclic amines) is 1. The molecule has 2 aromatic carbocycles. The van der Waals surface area contributed by atoms with Crippen LogP contribution in [0.5, 0.6) is 0 Å². The molecule has 4 atom stereocenters. The van der Waals surface area contributed by atoms with E-state index in [0.29, 0.717) is 67.4 Å². The second-order valence-corrected chi connectivity index (χ2v) is 12.5. The molecular weight excluding hydrogens is 580 g/mol. The number of halogens is 1. The summed E-state index contributed by atoms with van der Waals surface area (Å²) in [7, 11) is 0. The molecule has 5 rings (SSSR count). The molecule has 3 N–H and O–H groups in total. The number of nitrogens with two attached hydrogens (primary N) is 1. The molecule has 2 aliphatic heterocycles. The summed E-state index contributed by atoms with van der Waals surface area (Å²) in [4.78, 5) is 47.3. The van der Waals surface area contributed by atoms with Gasteiger partial charge in [0.15, 0.2) is 11.4 Å². The molecular formula is C34H43ClN4O5. The molecule has 236 valence electrons. The maximum Gasteiger partial charge on any atom is 0.264 e. The first-order valence-electron chi connectivity index (χ1n) is 15.9. The van der Waals surface area contributed by atoms with Crippen LogP contribution in [0.25, 0.3) is 11.1 Å². The number of ether oxygens (including phenoxy) is 1. The van der Waals surface area contributed by atoms with E-state index >= 15 is 0 Å². The number of rotatable bonds is 15. The average molecular weight is 623 g/mol. The number of para-hydroxylation sites is 2. The highest BCUT2D eigenvalue weighted by atomic mass is 35.5. The van der Waals surface area contributed by atoms with Gasteiger partial charge in [0.05, 0.1) is 18.8 Å². The molecule has 2 fully saturated rings. The fourth-order valence-electron chi connectivity index (χ4n) is 6.33. The fraction of sp³-hybridized carbons (Fsp3) is 0.529. The third kappa shape index (κ3) is 8.53. The van der Waals surface area contributed by atoms with Gasteiger partial charge < -0.3 is 25.1 Å². The van der Waals surface area contributed by atoms with Crippen molar-refractivity contribution in [1.82, 2.24) is 15.2 Å². The lowest BCUT2D eigenvalue weighted by molar-refractivity contribution is -0.138. The number of amides is 1. The van der Waals surface area contributed by atoms with Gasteiger partial charge >= 0.3 is 0 Å². The number of ketones is 2. The Balaban J connectivity index is 1.29. The minimum atomic E-state index is -0.643. The highest BCUT2D eigenvalue weighted by molar-refractivity contribution is 6.30. The van der Waals surface area contributed by atoms with Crippen LogP contribution in [-0.2, 0) is 20.9 Å². The summed E-state index contributed by atoms with van der Waals surface area (Å²) in [5.74, 6) is -0.582. The summed E-state index contributed by atoms with van der Waals surface area (Å²) in [5, 5.41) is 4.06. The second-order valence-electron chi connectivity index (χ2n) is 12.1. The summed E-state index contributed by atoms with van der Waals surface area (Å²) in [6, 6.07) is 14.0. The number of nitrogens with one attached hydrogen (secondary N) is 1. The van der Waals surface area contributed by atoms with Crippen molar-refractivity contribution < 1.29 is 23.5 Å². The Bertz CT molecular complexity index is 1370. The zero-order chi connectivity index (χ0) is 30.9. The topological polar surface area (TPSA) is 128 Å². The van der Waals surface area contributed by atoms with Crippen LogP contribution in [-0.4, -0.2) is 65.7 Å². The van der Waals surface area contributed by atoms with Gasteiger partial charge in [0.1, 0.15) is 5.52 Å². The Hall–Kier alpha value is -3.11. The number of aromatic nitrogens is 1. The van der Waals surface area contributed by atoms with Crippen LogP contribution in [0, 0.1) is 11.8 Å². The number of hydrogen-bond acceptors (Lipinski definition) is 8. The molecule has 1 amide bonds. The normalized spacial score (nSPS) is 21.0. The van der Waals surface area contributed by atoms with Crippen molar-refractivity contribution in [3.8, 4) is 0 Å². The van der Waals surface area contributed by atoms with Crippen LogP contribution in [0.15, 0.2) is 52.9 Å². The van der Waals surface area contributed by atoms with Crippen molar-refractivity contribution in [3.63, 3.8) is 0 Å². The van der Waals surface area contributed by atoms with E-state index in [-0.39, 0.29) is 35.9 Å². The molecule has 0 radical (unpaired) electrons. The number of fused-ring (bicyclic) bond motifs is 1. The summed E-state index contributed by atoms with van der Waals surface area (Å²) < 4.78 is 12.0. The second kappa shape index (κ2) is 15.8. The SMILES string of the molecule is NCCCC[C@H](CC(=O)[C@@H]1C[C@@H](OCc2ccc(Cl)cc2)CN1C(=O)CCC1CCCNC1)C(=O)c1nc2ccccc2o1. The van der Waals surface area contributed by atoms with Gasteiger partial charge in [-0.15, -0.1) is 0 Å². The summed E-state index contributed by atoms with van der Waals surface area (Å²) in [5.41, 5.74) is 7.83. The van der Waals surface area contributed by atoms with Gasteiger partial charge in [0, 0.05) is 36.7 Å². The molecule has 10 heteroatoms. The van der Waals surface area contributed by atoms with E-state index < -0.39 is 12.0 Å². The van der Waals surface area contributed by atoms with Gasteiger partial charge in [-0.25, -0.2) is 4.98 Å². The van der Waals surface area contributed by atoms with E-state index in [2.05, 4.69) is 10.3 Å². The van der Waals surface area contributed by atoms with Crippen molar-refractivity contribution in [2.75, 3.05) is 26.2 Å². The molecule has 0 spiro atoms. The highest BCUT2D eigenvalue weighted by Gasteiger charge is 2.41. The number of carbonyl (C=O) groups excluding carboxylic acids is 3. The van der Waals surface area contributed by atoms with Crippen LogP contribution in [0.4, 0.5) is 0 Å². The standard InChI is InChI=1S/C34H43ClN4O5/c35-26-13-10-24(11-14-26)22-43-27-19-29(39(21-27)32(41)15-12-23-6-5-17-37-20-23)30(40)18-25(7-3-4-16-36)33(42)34-38-28-8-1-2-9-31(28)44-34/h1-2,8-11,13-14,23,25,27,29,37H,3-7,12,15-22,36H2/t23?,25-,27-,29+/m1/s1. The first-order valence-corrected chi connectivity index (χ1v) is 16.3. The lowest BCUT2D eigenvalue weighted by Gasteiger charge is -2.27. The third-order valence-electron chi connectivity index (χ3n) is 8.85. The molecule has 3 aromatic rings. The maximum atomic E-state index is 14.0. The van der Waals surface area contributed by atoms with E-state index in [9.17, 15) is 14.4 Å². The molecule has 0 aliphatic carbocycles. The van der Waals surface area contributed by atoms with Crippen LogP contribution in [0.3, 0.4) is 0 Å². The first-order chi connectivity index (χ1) is 21.4. The zero-order valence-electron chi connectivity index (χ0n) is 25.2. The fourth-order valence-corrected chi connectivity index (χ4v) is 6.45. The number of nitrogens with zero attached hydrogens (tertiary/aromatic N) is 2. The molecule has 1 aromatic heterocycles. The van der Waals surface area contributed by atoms with E-state index in [0.717, 1.165) is 44.3 Å². The van der Waals surface area contributed by atoms with Gasteiger partial charge in [-0.2, -0.15) is 0 Å². The summed E-state index contributed by atoms with van der Waals surface area (Å²) >= 11 is 6.03. The Morgan fingerprint density at radius 3 is 2.70 bits per heavy atom. The number of benzene rings is 2. The van der Waals surface area contributed by atoms with E-state index in [4.69, 9.17) is 26.5 Å². The number of hydrogen-bond donors (Lipinski definition) is 2. The minimum absolute atomic E-state index is 0.00697. The largest absolute Gasteiger partial charge is 0.434 e. The van der Waals surface area contributed by atoms with Crippen LogP contribution >= 0.6 is 11.6 Å². The third-order valence-corrected chi connectivity index (χ3v) is 9.10. The molecule has 9 nitrogen and oxygen atoms in total. The van der Waals surface area contributed by atoms with Gasteiger partial charge in [0.2, 0.25) is 11.7 Å². The predicted molar refractivity (Wildman–Crippen MR) is 169 cm³/mol. The zero-order valence-corrected chi connectivity index (χ0v) is 26.0. The van der Waals surface area contributed by atoms with Crippen molar-refractivity contribution in [3.05, 3.63) is 65.0 Å². The monoisotopic (exact) mass is 622 g/mol. The lowest BCUT2D eigenvalue weighted by Crippen LogP contribution is -2.42. The lowest BCUT2D eigenvalue weighted by atomic mass is 9.89. The van der Waals surface area contributed by atoms with Gasteiger partial charge in [0.25, 0.3) is 5.89 Å². The highest BCUT2D eigenvalue weighted by Crippen LogP contribution is 2.29. The van der Waals surface area contributed by atoms with Crippen LogP contribution in [0.1, 0.15) is 74.0 Å². The van der Waals surface area contributed by atoms with E-state index in [1.165, 1.54) is 0 Å². The molecule has 2 aliphatic rings. The average Bonchev–Trinajstić information content (AvgIpc) is 3.68. The molecule has 44 heavy (non-hydrogen) atoms. The Morgan fingerprint density at radius 2 is 1.95 bits per heavy atom. The molecule has 0 bridgehead atoms. The number of Topliss-reactive ketones (excluding diaryl/α,β-unsaturated/α-hetero) is 2. The van der Waals surface area contributed by atoms with Crippen molar-refractivity contribution in [2.45, 2.75) is 76.5 Å². The quantitative estimate of drug-likeness (QED) is 0.172. The van der Waals surface area contributed by atoms with Gasteiger partial charge in [-0.3, -0.25) is 14.4 Å². The van der Waals surface area contributed by atoms with E-state index in [1.807, 2.05) is 36.4 Å². The summed E-state index contributed by atoms with van der Waals surface area (Å²) in [6.07, 6.45) is 5.46. The smallest absolute Gasteiger partial charge is 0.264 e. The van der Waals surface area contributed by atoms with Crippen molar-refractivity contribution in [1.29, 1.82) is 0 Å². The Kier molecular flexibility index (Phi) is 11.6. The van der Waals surface area contributed by atoms with Crippen LogP contribution in [0.2, 0.25) is 5.02 Å². The molecule has 1 unspecified atom stereocenters. The van der Waals surface area contributed by atoms with Crippen molar-refractivity contribution >= 4 is 40.2 Å². The maximum absolute atomic E-state index is 14.0. The molecule has 3 heterocycles.